The van der Waals surface area contributed by atoms with Crippen molar-refractivity contribution in [3.8, 4) is 5.75 Å². The fourth-order valence-corrected chi connectivity index (χ4v) is 1.75. The predicted molar refractivity (Wildman–Crippen MR) is 73.6 cm³/mol. The average Bonchev–Trinajstić information content (AvgIpc) is 2.29. The molecule has 0 aliphatic heterocycles. The van der Waals surface area contributed by atoms with Crippen LogP contribution in [0.5, 0.6) is 5.75 Å². The van der Waals surface area contributed by atoms with Crippen molar-refractivity contribution in [2.24, 2.45) is 5.92 Å². The number of rotatable bonds is 7. The van der Waals surface area contributed by atoms with Crippen molar-refractivity contribution >= 4 is 0 Å². The number of hydrogen-bond acceptors (Lipinski definition) is 2. The molecule has 0 saturated heterocycles. The average molecular weight is 235 g/mol. The van der Waals surface area contributed by atoms with Crippen molar-refractivity contribution in [2.75, 3.05) is 13.2 Å². The van der Waals surface area contributed by atoms with Crippen LogP contribution in [0.1, 0.15) is 33.3 Å². The highest BCUT2D eigenvalue weighted by molar-refractivity contribution is 5.27. The second-order valence-electron chi connectivity index (χ2n) is 4.98. The first kappa shape index (κ1) is 14.0. The van der Waals surface area contributed by atoms with E-state index >= 15 is 0 Å². The van der Waals surface area contributed by atoms with E-state index in [1.807, 2.05) is 19.1 Å². The van der Waals surface area contributed by atoms with Crippen LogP contribution in [-0.2, 0) is 6.42 Å². The van der Waals surface area contributed by atoms with Crippen molar-refractivity contribution in [3.63, 3.8) is 0 Å². The maximum Gasteiger partial charge on any atom is 0.119 e. The van der Waals surface area contributed by atoms with E-state index in [1.54, 1.807) is 0 Å². The minimum Gasteiger partial charge on any atom is -0.494 e. The molecule has 96 valence electrons. The summed E-state index contributed by atoms with van der Waals surface area (Å²) in [7, 11) is 0. The number of benzene rings is 1. The van der Waals surface area contributed by atoms with Gasteiger partial charge in [0, 0.05) is 6.04 Å². The SMILES string of the molecule is CCOc1ccc(CC(C)NCC(C)C)cc1. The van der Waals surface area contributed by atoms with Crippen LogP contribution < -0.4 is 10.1 Å². The van der Waals surface area contributed by atoms with E-state index in [1.165, 1.54) is 5.56 Å². The largest absolute Gasteiger partial charge is 0.494 e. The van der Waals surface area contributed by atoms with Crippen molar-refractivity contribution in [2.45, 2.75) is 40.2 Å². The highest BCUT2D eigenvalue weighted by atomic mass is 16.5. The van der Waals surface area contributed by atoms with Gasteiger partial charge in [0.2, 0.25) is 0 Å². The Labute approximate surface area is 105 Å². The summed E-state index contributed by atoms with van der Waals surface area (Å²) < 4.78 is 5.43. The Morgan fingerprint density at radius 1 is 1.12 bits per heavy atom. The summed E-state index contributed by atoms with van der Waals surface area (Å²) in [6.07, 6.45) is 1.07. The van der Waals surface area contributed by atoms with Crippen LogP contribution in [-0.4, -0.2) is 19.2 Å². The molecule has 1 rings (SSSR count). The van der Waals surface area contributed by atoms with Gasteiger partial charge in [0.25, 0.3) is 0 Å². The van der Waals surface area contributed by atoms with Crippen molar-refractivity contribution in [1.29, 1.82) is 0 Å². The molecule has 0 heterocycles. The highest BCUT2D eigenvalue weighted by Gasteiger charge is 2.04. The summed E-state index contributed by atoms with van der Waals surface area (Å²) in [5.41, 5.74) is 1.36. The van der Waals surface area contributed by atoms with Gasteiger partial charge in [-0.3, -0.25) is 0 Å². The van der Waals surface area contributed by atoms with Crippen LogP contribution in [0.3, 0.4) is 0 Å². The van der Waals surface area contributed by atoms with Gasteiger partial charge in [0.15, 0.2) is 0 Å². The monoisotopic (exact) mass is 235 g/mol. The van der Waals surface area contributed by atoms with Crippen molar-refractivity contribution in [3.05, 3.63) is 29.8 Å². The van der Waals surface area contributed by atoms with Crippen LogP contribution in [0.2, 0.25) is 0 Å². The first-order valence-corrected chi connectivity index (χ1v) is 6.57. The Morgan fingerprint density at radius 3 is 2.29 bits per heavy atom. The molecule has 1 N–H and O–H groups in total. The second kappa shape index (κ2) is 7.33. The van der Waals surface area contributed by atoms with E-state index in [9.17, 15) is 0 Å². The summed E-state index contributed by atoms with van der Waals surface area (Å²) in [5, 5.41) is 3.54. The topological polar surface area (TPSA) is 21.3 Å². The summed E-state index contributed by atoms with van der Waals surface area (Å²) >= 11 is 0. The minimum atomic E-state index is 0.523. The molecular weight excluding hydrogens is 210 g/mol. The lowest BCUT2D eigenvalue weighted by molar-refractivity contribution is 0.340. The lowest BCUT2D eigenvalue weighted by Gasteiger charge is -2.15. The fraction of sp³-hybridized carbons (Fsp3) is 0.600. The van der Waals surface area contributed by atoms with Crippen LogP contribution in [0.15, 0.2) is 24.3 Å². The maximum absolute atomic E-state index is 5.43. The molecule has 0 aliphatic carbocycles. The molecule has 0 saturated carbocycles. The molecule has 0 aliphatic rings. The molecular formula is C15H25NO. The van der Waals surface area contributed by atoms with Gasteiger partial charge in [0.1, 0.15) is 5.75 Å². The second-order valence-corrected chi connectivity index (χ2v) is 4.98. The third-order valence-electron chi connectivity index (χ3n) is 2.65. The zero-order valence-corrected chi connectivity index (χ0v) is 11.5. The summed E-state index contributed by atoms with van der Waals surface area (Å²) in [4.78, 5) is 0. The highest BCUT2D eigenvalue weighted by Crippen LogP contribution is 2.13. The predicted octanol–water partition coefficient (Wildman–Crippen LogP) is 3.26. The number of ether oxygens (including phenoxy) is 1. The molecule has 1 unspecified atom stereocenters. The molecule has 0 bridgehead atoms. The molecule has 1 aromatic carbocycles. The third-order valence-corrected chi connectivity index (χ3v) is 2.65. The first-order chi connectivity index (χ1) is 8.11. The fourth-order valence-electron chi connectivity index (χ4n) is 1.75. The molecule has 2 heteroatoms. The lowest BCUT2D eigenvalue weighted by atomic mass is 10.1. The number of nitrogens with one attached hydrogen (secondary N) is 1. The summed E-state index contributed by atoms with van der Waals surface area (Å²) in [6, 6.07) is 8.93. The van der Waals surface area contributed by atoms with E-state index in [-0.39, 0.29) is 0 Å². The minimum absolute atomic E-state index is 0.523. The Morgan fingerprint density at radius 2 is 1.76 bits per heavy atom. The Hall–Kier alpha value is -1.02. The molecule has 0 spiro atoms. The van der Waals surface area contributed by atoms with Gasteiger partial charge < -0.3 is 10.1 Å². The maximum atomic E-state index is 5.43. The van der Waals surface area contributed by atoms with Gasteiger partial charge in [-0.2, -0.15) is 0 Å². The van der Waals surface area contributed by atoms with E-state index in [0.29, 0.717) is 12.0 Å². The molecule has 1 atom stereocenters. The normalized spacial score (nSPS) is 12.8. The summed E-state index contributed by atoms with van der Waals surface area (Å²) in [6.45, 7) is 10.5. The quantitative estimate of drug-likeness (QED) is 0.783. The Balaban J connectivity index is 2.40. The molecule has 0 amide bonds. The van der Waals surface area contributed by atoms with Gasteiger partial charge in [-0.1, -0.05) is 26.0 Å². The molecule has 2 nitrogen and oxygen atoms in total. The third kappa shape index (κ3) is 5.73. The van der Waals surface area contributed by atoms with E-state index in [2.05, 4.69) is 38.2 Å². The van der Waals surface area contributed by atoms with E-state index in [4.69, 9.17) is 4.74 Å². The van der Waals surface area contributed by atoms with Crippen molar-refractivity contribution in [1.82, 2.24) is 5.32 Å². The zero-order valence-electron chi connectivity index (χ0n) is 11.5. The molecule has 17 heavy (non-hydrogen) atoms. The van der Waals surface area contributed by atoms with E-state index in [0.717, 1.165) is 25.3 Å². The number of hydrogen-bond donors (Lipinski definition) is 1. The lowest BCUT2D eigenvalue weighted by Crippen LogP contribution is -2.31. The zero-order chi connectivity index (χ0) is 12.7. The first-order valence-electron chi connectivity index (χ1n) is 6.57. The molecule has 0 aromatic heterocycles. The van der Waals surface area contributed by atoms with Gasteiger partial charge >= 0.3 is 0 Å². The van der Waals surface area contributed by atoms with Crippen LogP contribution >= 0.6 is 0 Å². The Bertz CT molecular complexity index is 305. The van der Waals surface area contributed by atoms with Gasteiger partial charge in [0.05, 0.1) is 6.61 Å². The van der Waals surface area contributed by atoms with Gasteiger partial charge in [-0.25, -0.2) is 0 Å². The summed E-state index contributed by atoms with van der Waals surface area (Å²) in [5.74, 6) is 1.66. The van der Waals surface area contributed by atoms with Crippen molar-refractivity contribution < 1.29 is 4.74 Å². The molecule has 0 fully saturated rings. The van der Waals surface area contributed by atoms with Crippen LogP contribution in [0.4, 0.5) is 0 Å². The Kier molecular flexibility index (Phi) is 6.06. The van der Waals surface area contributed by atoms with E-state index < -0.39 is 0 Å². The molecule has 1 aromatic rings. The molecule has 0 radical (unpaired) electrons. The standard InChI is InChI=1S/C15H25NO/c1-5-17-15-8-6-14(7-9-15)10-13(4)16-11-12(2)3/h6-9,12-13,16H,5,10-11H2,1-4H3. The van der Waals surface area contributed by atoms with Gasteiger partial charge in [-0.05, 0) is 50.4 Å². The van der Waals surface area contributed by atoms with Crippen LogP contribution in [0.25, 0.3) is 0 Å². The van der Waals surface area contributed by atoms with Gasteiger partial charge in [-0.15, -0.1) is 0 Å². The van der Waals surface area contributed by atoms with Crippen LogP contribution in [0, 0.1) is 5.92 Å². The smallest absolute Gasteiger partial charge is 0.119 e.